The molecular weight excluding hydrogens is 380 g/mol. The number of allylic oxidation sites excluding steroid dienone is 1. The highest BCUT2D eigenvalue weighted by molar-refractivity contribution is 6.31. The molecule has 28 heavy (non-hydrogen) atoms. The Morgan fingerprint density at radius 2 is 2.04 bits per heavy atom. The zero-order valence-corrected chi connectivity index (χ0v) is 16.3. The molecule has 3 aromatic rings. The van der Waals surface area contributed by atoms with Crippen LogP contribution in [-0.2, 0) is 26.7 Å². The zero-order valence-electron chi connectivity index (χ0n) is 15.6. The maximum atomic E-state index is 13.0. The average Bonchev–Trinajstić information content (AvgIpc) is 3.05. The van der Waals surface area contributed by atoms with Crippen LogP contribution in [0.15, 0.2) is 51.6 Å². The molecule has 0 radical (unpaired) electrons. The van der Waals surface area contributed by atoms with Gasteiger partial charge in [0.1, 0.15) is 0 Å². The fourth-order valence-corrected chi connectivity index (χ4v) is 3.60. The van der Waals surface area contributed by atoms with Crippen LogP contribution in [0.1, 0.15) is 12.5 Å². The highest BCUT2D eigenvalue weighted by atomic mass is 35.5. The Morgan fingerprint density at radius 1 is 1.29 bits per heavy atom. The Labute approximate surface area is 165 Å². The molecular formula is C19H19ClN6O2. The largest absolute Gasteiger partial charge is 0.332 e. The van der Waals surface area contributed by atoms with E-state index in [1.54, 1.807) is 16.6 Å². The van der Waals surface area contributed by atoms with Gasteiger partial charge in [0.15, 0.2) is 11.2 Å². The summed E-state index contributed by atoms with van der Waals surface area (Å²) in [5.41, 5.74) is 1.60. The number of hydrogen-bond acceptors (Lipinski definition) is 5. The van der Waals surface area contributed by atoms with Crippen molar-refractivity contribution < 1.29 is 0 Å². The molecule has 3 heterocycles. The molecule has 1 aromatic carbocycles. The van der Waals surface area contributed by atoms with E-state index in [1.807, 2.05) is 31.2 Å². The van der Waals surface area contributed by atoms with Crippen molar-refractivity contribution in [1.29, 1.82) is 0 Å². The van der Waals surface area contributed by atoms with E-state index in [0.29, 0.717) is 35.2 Å². The van der Waals surface area contributed by atoms with Crippen molar-refractivity contribution in [3.05, 3.63) is 68.3 Å². The normalized spacial score (nSPS) is 13.5. The smallest absolute Gasteiger partial charge is 0.297 e. The fourth-order valence-electron chi connectivity index (χ4n) is 3.40. The highest BCUT2D eigenvalue weighted by Crippen LogP contribution is 2.27. The number of hydrazone groups is 1. The molecule has 1 aliphatic heterocycles. The van der Waals surface area contributed by atoms with Crippen molar-refractivity contribution in [3.8, 4) is 0 Å². The molecule has 0 aliphatic carbocycles. The first kappa shape index (κ1) is 18.2. The summed E-state index contributed by atoms with van der Waals surface area (Å²) in [7, 11) is 1.61. The number of benzene rings is 1. The van der Waals surface area contributed by atoms with Crippen molar-refractivity contribution in [1.82, 2.24) is 18.7 Å². The second-order valence-corrected chi connectivity index (χ2v) is 7.11. The number of nitrogens with zero attached hydrogens (tertiary/aromatic N) is 6. The first-order valence-electron chi connectivity index (χ1n) is 8.78. The van der Waals surface area contributed by atoms with Crippen LogP contribution in [0, 0.1) is 0 Å². The van der Waals surface area contributed by atoms with E-state index in [-0.39, 0.29) is 12.1 Å². The van der Waals surface area contributed by atoms with Crippen LogP contribution in [0.2, 0.25) is 5.02 Å². The number of anilines is 1. The van der Waals surface area contributed by atoms with E-state index in [4.69, 9.17) is 11.6 Å². The maximum absolute atomic E-state index is 13.0. The Morgan fingerprint density at radius 3 is 2.75 bits per heavy atom. The summed E-state index contributed by atoms with van der Waals surface area (Å²) in [4.78, 5) is 30.1. The van der Waals surface area contributed by atoms with Crippen molar-refractivity contribution in [2.45, 2.75) is 26.6 Å². The van der Waals surface area contributed by atoms with Crippen molar-refractivity contribution in [3.63, 3.8) is 0 Å². The van der Waals surface area contributed by atoms with Gasteiger partial charge in [-0.1, -0.05) is 35.9 Å². The van der Waals surface area contributed by atoms with E-state index in [0.717, 1.165) is 15.8 Å². The van der Waals surface area contributed by atoms with E-state index < -0.39 is 5.69 Å². The van der Waals surface area contributed by atoms with E-state index >= 15 is 0 Å². The van der Waals surface area contributed by atoms with Gasteiger partial charge < -0.3 is 0 Å². The molecule has 0 saturated heterocycles. The first-order chi connectivity index (χ1) is 13.4. The first-order valence-corrected chi connectivity index (χ1v) is 9.16. The number of imidazole rings is 1. The predicted molar refractivity (Wildman–Crippen MR) is 110 cm³/mol. The number of halogens is 1. The minimum absolute atomic E-state index is 0.137. The molecule has 1 aliphatic rings. The molecule has 0 unspecified atom stereocenters. The van der Waals surface area contributed by atoms with E-state index in [1.165, 1.54) is 10.6 Å². The van der Waals surface area contributed by atoms with Gasteiger partial charge in [-0.2, -0.15) is 10.1 Å². The minimum Gasteiger partial charge on any atom is -0.297 e. The summed E-state index contributed by atoms with van der Waals surface area (Å²) < 4.78 is 4.34. The van der Waals surface area contributed by atoms with E-state index in [2.05, 4.69) is 16.7 Å². The molecule has 0 atom stereocenters. The molecule has 9 heteroatoms. The zero-order chi connectivity index (χ0) is 20.0. The summed E-state index contributed by atoms with van der Waals surface area (Å²) in [6.45, 7) is 6.48. The Kier molecular flexibility index (Phi) is 4.43. The Hall–Kier alpha value is -3.13. The third-order valence-corrected chi connectivity index (χ3v) is 5.08. The van der Waals surface area contributed by atoms with Crippen LogP contribution in [0.5, 0.6) is 0 Å². The predicted octanol–water partition coefficient (Wildman–Crippen LogP) is 2.13. The lowest BCUT2D eigenvalue weighted by molar-refractivity contribution is 0.663. The molecule has 0 amide bonds. The molecule has 144 valence electrons. The lowest BCUT2D eigenvalue weighted by Crippen LogP contribution is -2.39. The molecule has 0 spiro atoms. The van der Waals surface area contributed by atoms with Crippen LogP contribution in [0.3, 0.4) is 0 Å². The van der Waals surface area contributed by atoms with Gasteiger partial charge in [-0.05, 0) is 18.6 Å². The topological polar surface area (TPSA) is 77.4 Å². The Balaban J connectivity index is 1.94. The van der Waals surface area contributed by atoms with Crippen LogP contribution in [0.4, 0.5) is 5.95 Å². The number of fused-ring (bicyclic) bond motifs is 3. The number of aryl methyl sites for hydroxylation is 1. The fraction of sp³-hybridized carbons (Fsp3) is 0.263. The van der Waals surface area contributed by atoms with Crippen LogP contribution in [-0.4, -0.2) is 24.4 Å². The van der Waals surface area contributed by atoms with Crippen LogP contribution in [0.25, 0.3) is 11.2 Å². The van der Waals surface area contributed by atoms with E-state index in [9.17, 15) is 9.59 Å². The third-order valence-electron chi connectivity index (χ3n) is 4.71. The molecule has 0 fully saturated rings. The minimum atomic E-state index is -0.428. The van der Waals surface area contributed by atoms with Crippen molar-refractivity contribution in [2.24, 2.45) is 12.1 Å². The molecule has 8 nitrogen and oxygen atoms in total. The monoisotopic (exact) mass is 398 g/mol. The number of hydrogen-bond donors (Lipinski definition) is 0. The molecule has 0 N–H and O–H groups in total. The Bertz CT molecular complexity index is 1250. The highest BCUT2D eigenvalue weighted by Gasteiger charge is 2.26. The van der Waals surface area contributed by atoms with Gasteiger partial charge in [0.25, 0.3) is 5.56 Å². The van der Waals surface area contributed by atoms with Gasteiger partial charge in [-0.25, -0.2) is 9.80 Å². The second-order valence-electron chi connectivity index (χ2n) is 6.70. The third kappa shape index (κ3) is 2.77. The van der Waals surface area contributed by atoms with Crippen molar-refractivity contribution >= 4 is 34.4 Å². The number of aromatic nitrogens is 4. The summed E-state index contributed by atoms with van der Waals surface area (Å²) in [5, 5.41) is 6.93. The van der Waals surface area contributed by atoms with Gasteiger partial charge in [0, 0.05) is 18.6 Å². The van der Waals surface area contributed by atoms with Gasteiger partial charge in [-0.3, -0.25) is 18.5 Å². The van der Waals surface area contributed by atoms with Crippen LogP contribution < -0.4 is 16.3 Å². The van der Waals surface area contributed by atoms with Crippen LogP contribution >= 0.6 is 11.6 Å². The second kappa shape index (κ2) is 6.79. The van der Waals surface area contributed by atoms with Gasteiger partial charge in [-0.15, -0.1) is 6.58 Å². The summed E-state index contributed by atoms with van der Waals surface area (Å²) in [6.07, 6.45) is 1.53. The summed E-state index contributed by atoms with van der Waals surface area (Å²) >= 11 is 6.30. The lowest BCUT2D eigenvalue weighted by Gasteiger charge is -2.25. The molecule has 0 saturated carbocycles. The summed E-state index contributed by atoms with van der Waals surface area (Å²) in [5.74, 6) is 0.504. The van der Waals surface area contributed by atoms with Crippen molar-refractivity contribution in [2.75, 3.05) is 5.01 Å². The molecule has 4 rings (SSSR count). The standard InChI is InChI=1S/C19H19ClN6O2/c1-4-9-24-17(27)15-16(23(3)19(24)28)21-18-25(15)10-12(2)22-26(18)11-13-7-5-6-8-14(13)20/h4-8H,1,9-11H2,2-3H3. The SMILES string of the molecule is C=CCn1c(=O)c2c(nc3n2CC(C)=NN3Cc2ccccc2Cl)n(C)c1=O. The molecule has 2 aromatic heterocycles. The van der Waals surface area contributed by atoms with Gasteiger partial charge >= 0.3 is 5.69 Å². The lowest BCUT2D eigenvalue weighted by atomic mass is 10.2. The van der Waals surface area contributed by atoms with Gasteiger partial charge in [0.2, 0.25) is 5.95 Å². The summed E-state index contributed by atoms with van der Waals surface area (Å²) in [6, 6.07) is 7.51. The quantitative estimate of drug-likeness (QED) is 0.631. The number of rotatable bonds is 4. The molecule has 0 bridgehead atoms. The average molecular weight is 399 g/mol. The maximum Gasteiger partial charge on any atom is 0.332 e. The van der Waals surface area contributed by atoms with Gasteiger partial charge in [0.05, 0.1) is 18.8 Å².